The average molecular weight is 714 g/mol. The zero-order valence-corrected chi connectivity index (χ0v) is 30.4. The maximum atomic E-state index is 14.5. The number of rotatable bonds is 11. The second-order valence-corrected chi connectivity index (χ2v) is 15.7. The Balaban J connectivity index is 1.40. The second kappa shape index (κ2) is 16.1. The van der Waals surface area contributed by atoms with Crippen molar-refractivity contribution in [3.63, 3.8) is 0 Å². The molecule has 1 aromatic rings. The van der Waals surface area contributed by atoms with Crippen LogP contribution in [0, 0.1) is 5.41 Å². The van der Waals surface area contributed by atoms with Crippen LogP contribution in [0.3, 0.4) is 0 Å². The van der Waals surface area contributed by atoms with E-state index in [1.165, 1.54) is 4.90 Å². The number of hydrogen-bond donors (Lipinski definition) is 4. The van der Waals surface area contributed by atoms with Crippen molar-refractivity contribution < 1.29 is 33.5 Å². The van der Waals surface area contributed by atoms with Gasteiger partial charge >= 0.3 is 6.09 Å². The summed E-state index contributed by atoms with van der Waals surface area (Å²) in [4.78, 5) is 75.8. The van der Waals surface area contributed by atoms with E-state index < -0.39 is 58.7 Å². The highest BCUT2D eigenvalue weighted by atomic mass is 35.5. The number of ketones is 1. The summed E-state index contributed by atoms with van der Waals surface area (Å²) in [5.74, 6) is -2.49. The number of benzene rings is 1. The Hall–Kier alpha value is -3.64. The van der Waals surface area contributed by atoms with E-state index in [1.54, 1.807) is 12.1 Å². The third-order valence-electron chi connectivity index (χ3n) is 10.2. The first kappa shape index (κ1) is 37.6. The van der Waals surface area contributed by atoms with E-state index >= 15 is 0 Å². The van der Waals surface area contributed by atoms with Crippen LogP contribution in [0.5, 0.6) is 0 Å². The number of carbonyl (C=O) groups excluding carboxylic acids is 5. The van der Waals surface area contributed by atoms with Crippen LogP contribution in [0.25, 0.3) is 5.70 Å². The van der Waals surface area contributed by atoms with Gasteiger partial charge in [-0.2, -0.15) is 0 Å². The summed E-state index contributed by atoms with van der Waals surface area (Å²) in [5.41, 5.74) is 2.49. The fraction of sp³-hybridized carbons (Fsp3) is 0.649. The molecule has 2 aliphatic heterocycles. The molecule has 1 spiro atoms. The SMILES string of the molecule is CCC[C@H](NC(=O)[C@@H]1C[C@]2(C=C(c3cccc(Cl)c3)NO2)CN1C(=O)[C@@H](NC(=O)OC1CCCCC1)C(C)(C)C)C(=O)C(=O)NC1CCCC1. The van der Waals surface area contributed by atoms with Crippen LogP contribution >= 0.6 is 11.6 Å². The molecule has 4 atom stereocenters. The molecule has 0 aromatic heterocycles. The molecule has 12 nitrogen and oxygen atoms in total. The Bertz CT molecular complexity index is 1470. The molecule has 0 radical (unpaired) electrons. The smallest absolute Gasteiger partial charge is 0.408 e. The Morgan fingerprint density at radius 1 is 1.04 bits per heavy atom. The minimum atomic E-state index is -1.11. The van der Waals surface area contributed by atoms with E-state index in [-0.39, 0.29) is 31.5 Å². The maximum absolute atomic E-state index is 14.5. The highest BCUT2D eigenvalue weighted by Crippen LogP contribution is 2.39. The van der Waals surface area contributed by atoms with Crippen molar-refractivity contribution in [2.24, 2.45) is 5.41 Å². The molecular formula is C37H52ClN5O7. The average Bonchev–Trinajstić information content (AvgIpc) is 3.83. The second-order valence-electron chi connectivity index (χ2n) is 15.3. The first-order chi connectivity index (χ1) is 23.8. The quantitative estimate of drug-likeness (QED) is 0.235. The number of likely N-dealkylation sites (tertiary alicyclic amines) is 1. The number of hydroxylamine groups is 1. The molecule has 4 aliphatic rings. The lowest BCUT2D eigenvalue weighted by Crippen LogP contribution is -2.59. The third-order valence-corrected chi connectivity index (χ3v) is 10.4. The molecule has 13 heteroatoms. The van der Waals surface area contributed by atoms with Gasteiger partial charge in [0.05, 0.1) is 18.3 Å². The van der Waals surface area contributed by atoms with Crippen molar-refractivity contribution in [1.82, 2.24) is 26.3 Å². The van der Waals surface area contributed by atoms with Crippen molar-refractivity contribution in [3.05, 3.63) is 40.9 Å². The minimum absolute atomic E-state index is 0.0124. The van der Waals surface area contributed by atoms with E-state index in [0.717, 1.165) is 63.4 Å². The molecule has 3 fully saturated rings. The van der Waals surface area contributed by atoms with Crippen molar-refractivity contribution in [1.29, 1.82) is 0 Å². The van der Waals surface area contributed by atoms with Gasteiger partial charge in [0.1, 0.15) is 23.8 Å². The number of carbonyl (C=O) groups is 5. The maximum Gasteiger partial charge on any atom is 0.408 e. The highest BCUT2D eigenvalue weighted by Gasteiger charge is 2.54. The van der Waals surface area contributed by atoms with Gasteiger partial charge in [0.25, 0.3) is 5.91 Å². The molecule has 4 N–H and O–H groups in total. The van der Waals surface area contributed by atoms with Crippen LogP contribution in [0.2, 0.25) is 5.02 Å². The van der Waals surface area contributed by atoms with Crippen molar-refractivity contribution in [2.45, 2.75) is 141 Å². The number of amides is 4. The number of alkyl carbamates (subject to hydrolysis) is 1. The van der Waals surface area contributed by atoms with Crippen LogP contribution in [0.1, 0.15) is 110 Å². The van der Waals surface area contributed by atoms with Crippen LogP contribution in [0.4, 0.5) is 4.79 Å². The summed E-state index contributed by atoms with van der Waals surface area (Å²) < 4.78 is 5.72. The standard InChI is InChI=1S/C37H52ClN5O7/c1-5-12-27(30(44)33(46)39-25-15-9-10-16-25)40-32(45)29-21-37(20-28(42-50-37)23-13-11-14-24(38)19-23)22-43(29)34(47)31(36(2,3)4)41-35(48)49-26-17-7-6-8-18-26/h11,13-14,19-20,25-27,29,31,42H,5-10,12,15-18,21-22H2,1-4H3,(H,39,46)(H,40,45)(H,41,48)/t27-,29-,31+,37+/m0/s1. The molecule has 1 saturated heterocycles. The van der Waals surface area contributed by atoms with E-state index in [4.69, 9.17) is 21.2 Å². The third kappa shape index (κ3) is 9.17. The molecular weight excluding hydrogens is 662 g/mol. The minimum Gasteiger partial charge on any atom is -0.446 e. The summed E-state index contributed by atoms with van der Waals surface area (Å²) in [6.45, 7) is 7.36. The molecule has 274 valence electrons. The Labute approximate surface area is 299 Å². The molecule has 4 amide bonds. The topological polar surface area (TPSA) is 155 Å². The van der Waals surface area contributed by atoms with E-state index in [9.17, 15) is 24.0 Å². The molecule has 50 heavy (non-hydrogen) atoms. The van der Waals surface area contributed by atoms with Crippen molar-refractivity contribution >= 4 is 46.9 Å². The van der Waals surface area contributed by atoms with Gasteiger partial charge in [0, 0.05) is 23.0 Å². The largest absolute Gasteiger partial charge is 0.446 e. The zero-order chi connectivity index (χ0) is 36.1. The summed E-state index contributed by atoms with van der Waals surface area (Å²) in [6, 6.07) is 3.98. The molecule has 2 saturated carbocycles. The van der Waals surface area contributed by atoms with Gasteiger partial charge in [0.2, 0.25) is 17.6 Å². The van der Waals surface area contributed by atoms with Gasteiger partial charge in [-0.25, -0.2) is 4.79 Å². The highest BCUT2D eigenvalue weighted by molar-refractivity contribution is 6.38. The lowest BCUT2D eigenvalue weighted by atomic mass is 9.85. The monoisotopic (exact) mass is 713 g/mol. The van der Waals surface area contributed by atoms with Gasteiger partial charge in [-0.15, -0.1) is 0 Å². The fourth-order valence-corrected chi connectivity index (χ4v) is 7.62. The molecule has 1 aromatic carbocycles. The van der Waals surface area contributed by atoms with Gasteiger partial charge in [-0.3, -0.25) is 29.5 Å². The Morgan fingerprint density at radius 3 is 2.40 bits per heavy atom. The Kier molecular flexibility index (Phi) is 12.1. The molecule has 2 heterocycles. The number of hydrogen-bond acceptors (Lipinski definition) is 8. The zero-order valence-electron chi connectivity index (χ0n) is 29.6. The van der Waals surface area contributed by atoms with Crippen LogP contribution < -0.4 is 21.4 Å². The van der Waals surface area contributed by atoms with Gasteiger partial charge in [0.15, 0.2) is 0 Å². The van der Waals surface area contributed by atoms with Gasteiger partial charge in [-0.05, 0) is 68.6 Å². The van der Waals surface area contributed by atoms with Crippen molar-refractivity contribution in [3.8, 4) is 0 Å². The number of nitrogens with one attached hydrogen (secondary N) is 4. The van der Waals surface area contributed by atoms with E-state index in [1.807, 2.05) is 45.9 Å². The number of Topliss-reactive ketones (excluding diaryl/α,β-unsaturated/α-hetero) is 1. The molecule has 0 unspecified atom stereocenters. The van der Waals surface area contributed by atoms with E-state index in [2.05, 4.69) is 21.4 Å². The normalized spacial score (nSPS) is 23.9. The van der Waals surface area contributed by atoms with Crippen LogP contribution in [-0.2, 0) is 28.8 Å². The first-order valence-electron chi connectivity index (χ1n) is 18.1. The first-order valence-corrected chi connectivity index (χ1v) is 18.5. The predicted molar refractivity (Wildman–Crippen MR) is 188 cm³/mol. The number of nitrogens with zero attached hydrogens (tertiary/aromatic N) is 1. The number of halogens is 1. The summed E-state index contributed by atoms with van der Waals surface area (Å²) in [7, 11) is 0. The van der Waals surface area contributed by atoms with Gasteiger partial charge in [-0.1, -0.05) is 77.1 Å². The lowest BCUT2D eigenvalue weighted by Gasteiger charge is -2.36. The summed E-state index contributed by atoms with van der Waals surface area (Å²) in [6.07, 6.45) is 10.1. The fourth-order valence-electron chi connectivity index (χ4n) is 7.43. The molecule has 5 rings (SSSR count). The molecule has 2 aliphatic carbocycles. The summed E-state index contributed by atoms with van der Waals surface area (Å²) >= 11 is 6.25. The summed E-state index contributed by atoms with van der Waals surface area (Å²) in [5, 5.41) is 8.99. The van der Waals surface area contributed by atoms with Crippen LogP contribution in [-0.4, -0.2) is 76.9 Å². The van der Waals surface area contributed by atoms with Crippen molar-refractivity contribution in [2.75, 3.05) is 6.54 Å². The lowest BCUT2D eigenvalue weighted by molar-refractivity contribution is -0.144. The Morgan fingerprint density at radius 2 is 1.74 bits per heavy atom. The van der Waals surface area contributed by atoms with E-state index in [0.29, 0.717) is 17.1 Å². The molecule has 0 bridgehead atoms. The van der Waals surface area contributed by atoms with Crippen LogP contribution in [0.15, 0.2) is 30.3 Å². The predicted octanol–water partition coefficient (Wildman–Crippen LogP) is 4.94. The number of ether oxygens (including phenoxy) is 1. The van der Waals surface area contributed by atoms with Gasteiger partial charge < -0.3 is 25.6 Å².